The summed E-state index contributed by atoms with van der Waals surface area (Å²) in [6.45, 7) is 4.21. The van der Waals surface area contributed by atoms with E-state index in [1.54, 1.807) is 31.4 Å². The lowest BCUT2D eigenvalue weighted by Gasteiger charge is -2.38. The van der Waals surface area contributed by atoms with Crippen LogP contribution in [0.4, 0.5) is 5.69 Å². The lowest BCUT2D eigenvalue weighted by molar-refractivity contribution is -0.122. The number of ether oxygens (including phenoxy) is 2. The number of fused-ring (bicyclic) bond motifs is 1. The third kappa shape index (κ3) is 5.91. The van der Waals surface area contributed by atoms with Gasteiger partial charge in [-0.25, -0.2) is 8.42 Å². The van der Waals surface area contributed by atoms with Gasteiger partial charge in [0.05, 0.1) is 25.1 Å². The van der Waals surface area contributed by atoms with Gasteiger partial charge in [0.2, 0.25) is 15.9 Å². The molecule has 1 amide bonds. The number of carbonyl (C=O) groups is 1. The molecule has 8 heteroatoms. The lowest BCUT2D eigenvalue weighted by atomic mass is 9.89. The molecule has 0 aromatic heterocycles. The maximum absolute atomic E-state index is 12.7. The van der Waals surface area contributed by atoms with Crippen LogP contribution in [-0.2, 0) is 14.8 Å². The van der Waals surface area contributed by atoms with Gasteiger partial charge in [-0.1, -0.05) is 18.2 Å². The van der Waals surface area contributed by atoms with E-state index in [0.29, 0.717) is 24.3 Å². The van der Waals surface area contributed by atoms with Crippen LogP contribution in [0.1, 0.15) is 44.7 Å². The van der Waals surface area contributed by atoms with Crippen LogP contribution in [0.3, 0.4) is 0 Å². The Bertz CT molecular complexity index is 1020. The predicted molar refractivity (Wildman–Crippen MR) is 121 cm³/mol. The molecule has 7 nitrogen and oxygen atoms in total. The van der Waals surface area contributed by atoms with Crippen molar-refractivity contribution >= 4 is 21.6 Å². The number of benzene rings is 2. The molecule has 2 aromatic carbocycles. The lowest BCUT2D eigenvalue weighted by Crippen LogP contribution is -2.41. The highest BCUT2D eigenvalue weighted by atomic mass is 32.2. The second-order valence-corrected chi connectivity index (χ2v) is 10.3. The summed E-state index contributed by atoms with van der Waals surface area (Å²) in [5.74, 6) is 1.31. The van der Waals surface area contributed by atoms with Gasteiger partial charge < -0.3 is 14.8 Å². The maximum Gasteiger partial charge on any atom is 0.232 e. The Morgan fingerprint density at radius 1 is 1.23 bits per heavy atom. The van der Waals surface area contributed by atoms with Gasteiger partial charge in [0.1, 0.15) is 17.1 Å². The highest BCUT2D eigenvalue weighted by Gasteiger charge is 2.34. The number of hydrogen-bond acceptors (Lipinski definition) is 5. The summed E-state index contributed by atoms with van der Waals surface area (Å²) in [5.41, 5.74) is 1.06. The third-order valence-corrected chi connectivity index (χ3v) is 6.41. The molecule has 1 heterocycles. The Labute approximate surface area is 184 Å². The van der Waals surface area contributed by atoms with Crippen molar-refractivity contribution in [2.75, 3.05) is 24.2 Å². The van der Waals surface area contributed by atoms with Crippen molar-refractivity contribution in [1.82, 2.24) is 5.32 Å². The number of para-hydroxylation sites is 1. The number of amides is 1. The summed E-state index contributed by atoms with van der Waals surface area (Å²) in [4.78, 5) is 12.7. The second kappa shape index (κ2) is 9.18. The van der Waals surface area contributed by atoms with Gasteiger partial charge in [0.25, 0.3) is 0 Å². The minimum Gasteiger partial charge on any atom is -0.497 e. The van der Waals surface area contributed by atoms with E-state index in [-0.39, 0.29) is 24.9 Å². The summed E-state index contributed by atoms with van der Waals surface area (Å²) < 4.78 is 37.1. The monoisotopic (exact) mass is 446 g/mol. The molecule has 0 radical (unpaired) electrons. The first-order chi connectivity index (χ1) is 14.6. The molecule has 1 aliphatic heterocycles. The molecule has 0 spiro atoms. The average molecular weight is 447 g/mol. The fourth-order valence-corrected chi connectivity index (χ4v) is 4.78. The molecule has 1 atom stereocenters. The molecule has 0 bridgehead atoms. The first-order valence-corrected chi connectivity index (χ1v) is 12.1. The summed E-state index contributed by atoms with van der Waals surface area (Å²) in [7, 11) is -1.83. The highest BCUT2D eigenvalue weighted by molar-refractivity contribution is 7.92. The molecule has 0 fully saturated rings. The van der Waals surface area contributed by atoms with Crippen LogP contribution < -0.4 is 19.1 Å². The molecule has 1 aliphatic rings. The number of sulfonamides is 1. The Balaban J connectivity index is 1.65. The minimum absolute atomic E-state index is 0.127. The standard InChI is InChI=1S/C23H30N2O5S/c1-23(2)16-20(19-15-18(29-3)12-13-21(19)30-23)24-22(26)11-8-14-25(31(4,27)28)17-9-6-5-7-10-17/h5-7,9-10,12-13,15,20H,8,11,14,16H2,1-4H3,(H,24,26)/t20-/m1/s1. The average Bonchev–Trinajstić information content (AvgIpc) is 2.70. The summed E-state index contributed by atoms with van der Waals surface area (Å²) in [6, 6.07) is 14.3. The van der Waals surface area contributed by atoms with Crippen molar-refractivity contribution in [3.8, 4) is 11.5 Å². The maximum atomic E-state index is 12.7. The predicted octanol–water partition coefficient (Wildman–Crippen LogP) is 3.66. The smallest absolute Gasteiger partial charge is 0.232 e. The van der Waals surface area contributed by atoms with Gasteiger partial charge in [-0.15, -0.1) is 0 Å². The van der Waals surface area contributed by atoms with E-state index in [2.05, 4.69) is 5.32 Å². The quantitative estimate of drug-likeness (QED) is 0.669. The van der Waals surface area contributed by atoms with Crippen molar-refractivity contribution in [1.29, 1.82) is 0 Å². The van der Waals surface area contributed by atoms with Crippen LogP contribution in [0.2, 0.25) is 0 Å². The Morgan fingerprint density at radius 3 is 2.58 bits per heavy atom. The van der Waals surface area contributed by atoms with Gasteiger partial charge in [0, 0.05) is 24.9 Å². The Hall–Kier alpha value is -2.74. The Kier molecular flexibility index (Phi) is 6.79. The van der Waals surface area contributed by atoms with Crippen molar-refractivity contribution in [3.63, 3.8) is 0 Å². The molecule has 2 aromatic rings. The number of anilines is 1. The number of carbonyl (C=O) groups excluding carboxylic acids is 1. The zero-order valence-electron chi connectivity index (χ0n) is 18.4. The van der Waals surface area contributed by atoms with Crippen molar-refractivity contribution in [2.24, 2.45) is 0 Å². The van der Waals surface area contributed by atoms with Crippen LogP contribution in [-0.4, -0.2) is 39.8 Å². The van der Waals surface area contributed by atoms with E-state index in [9.17, 15) is 13.2 Å². The van der Waals surface area contributed by atoms with E-state index < -0.39 is 15.6 Å². The molecule has 0 saturated heterocycles. The molecule has 0 aliphatic carbocycles. The zero-order chi connectivity index (χ0) is 22.6. The van der Waals surface area contributed by atoms with E-state index in [1.807, 2.05) is 38.1 Å². The second-order valence-electron chi connectivity index (χ2n) is 8.36. The highest BCUT2D eigenvalue weighted by Crippen LogP contribution is 2.41. The fraction of sp³-hybridized carbons (Fsp3) is 0.435. The van der Waals surface area contributed by atoms with Crippen LogP contribution in [0, 0.1) is 0 Å². The summed E-state index contributed by atoms with van der Waals surface area (Å²) in [6.07, 6.45) is 2.42. The van der Waals surface area contributed by atoms with Crippen LogP contribution in [0.5, 0.6) is 11.5 Å². The SMILES string of the molecule is COc1ccc2c(c1)[C@H](NC(=O)CCCN(c1ccccc1)S(C)(=O)=O)CC(C)(C)O2. The van der Waals surface area contributed by atoms with Crippen molar-refractivity contribution in [3.05, 3.63) is 54.1 Å². The van der Waals surface area contributed by atoms with Crippen LogP contribution in [0.25, 0.3) is 0 Å². The van der Waals surface area contributed by atoms with Crippen molar-refractivity contribution < 1.29 is 22.7 Å². The molecule has 1 N–H and O–H groups in total. The topological polar surface area (TPSA) is 84.9 Å². The first-order valence-electron chi connectivity index (χ1n) is 10.3. The summed E-state index contributed by atoms with van der Waals surface area (Å²) >= 11 is 0. The molecule has 168 valence electrons. The van der Waals surface area contributed by atoms with Crippen LogP contribution in [0.15, 0.2) is 48.5 Å². The molecule has 3 rings (SSSR count). The van der Waals surface area contributed by atoms with Gasteiger partial charge in [-0.2, -0.15) is 0 Å². The van der Waals surface area contributed by atoms with Gasteiger partial charge in [0.15, 0.2) is 0 Å². The number of nitrogens with zero attached hydrogens (tertiary/aromatic N) is 1. The fourth-order valence-electron chi connectivity index (χ4n) is 3.82. The Morgan fingerprint density at radius 2 is 1.94 bits per heavy atom. The van der Waals surface area contributed by atoms with Crippen LogP contribution >= 0.6 is 0 Å². The minimum atomic E-state index is -3.43. The summed E-state index contributed by atoms with van der Waals surface area (Å²) in [5, 5.41) is 3.09. The molecule has 0 unspecified atom stereocenters. The van der Waals surface area contributed by atoms with E-state index >= 15 is 0 Å². The molecular weight excluding hydrogens is 416 g/mol. The molecular formula is C23H30N2O5S. The first kappa shape index (κ1) is 22.9. The van der Waals surface area contributed by atoms with E-state index in [1.165, 1.54) is 10.6 Å². The van der Waals surface area contributed by atoms with Gasteiger partial charge >= 0.3 is 0 Å². The number of methoxy groups -OCH3 is 1. The van der Waals surface area contributed by atoms with Crippen molar-refractivity contribution in [2.45, 2.75) is 44.8 Å². The molecule has 0 saturated carbocycles. The zero-order valence-corrected chi connectivity index (χ0v) is 19.2. The number of rotatable bonds is 8. The van der Waals surface area contributed by atoms with E-state index in [4.69, 9.17) is 9.47 Å². The normalized spacial score (nSPS) is 17.2. The largest absolute Gasteiger partial charge is 0.497 e. The van der Waals surface area contributed by atoms with E-state index in [0.717, 1.165) is 11.3 Å². The van der Waals surface area contributed by atoms with Gasteiger partial charge in [-0.3, -0.25) is 9.10 Å². The number of hydrogen-bond donors (Lipinski definition) is 1. The molecule has 31 heavy (non-hydrogen) atoms. The third-order valence-electron chi connectivity index (χ3n) is 5.22. The van der Waals surface area contributed by atoms with Gasteiger partial charge in [-0.05, 0) is 50.6 Å². The number of nitrogens with one attached hydrogen (secondary N) is 1.